The van der Waals surface area contributed by atoms with E-state index in [4.69, 9.17) is 9.29 Å². The van der Waals surface area contributed by atoms with Crippen LogP contribution in [-0.2, 0) is 21.3 Å². The first-order valence-electron chi connectivity index (χ1n) is 6.20. The second-order valence-corrected chi connectivity index (χ2v) is 6.13. The van der Waals surface area contributed by atoms with Crippen molar-refractivity contribution < 1.29 is 17.7 Å². The molecule has 1 saturated heterocycles. The molecular weight excluding hydrogens is 252 g/mol. The van der Waals surface area contributed by atoms with Crippen LogP contribution in [0.1, 0.15) is 24.8 Å². The molecule has 0 bridgehead atoms. The smallest absolute Gasteiger partial charge is 0.294 e. The zero-order chi connectivity index (χ0) is 13.0. The van der Waals surface area contributed by atoms with Crippen molar-refractivity contribution in [3.63, 3.8) is 0 Å². The van der Waals surface area contributed by atoms with Crippen LogP contribution in [0.15, 0.2) is 29.2 Å². The van der Waals surface area contributed by atoms with Crippen molar-refractivity contribution in [2.45, 2.75) is 30.6 Å². The Morgan fingerprint density at radius 1 is 1.17 bits per heavy atom. The highest BCUT2D eigenvalue weighted by Crippen LogP contribution is 2.21. The van der Waals surface area contributed by atoms with Gasteiger partial charge in [-0.25, -0.2) is 0 Å². The molecule has 0 amide bonds. The van der Waals surface area contributed by atoms with E-state index in [0.29, 0.717) is 5.92 Å². The number of hydrogen-bond donors (Lipinski definition) is 1. The summed E-state index contributed by atoms with van der Waals surface area (Å²) in [5.41, 5.74) is 1.11. The van der Waals surface area contributed by atoms with Gasteiger partial charge in [0, 0.05) is 13.2 Å². The Morgan fingerprint density at radius 3 is 2.33 bits per heavy atom. The summed E-state index contributed by atoms with van der Waals surface area (Å²) in [5.74, 6) is 0.708. The minimum Gasteiger partial charge on any atom is -0.381 e. The fraction of sp³-hybridized carbons (Fsp3) is 0.538. The Labute approximate surface area is 108 Å². The predicted molar refractivity (Wildman–Crippen MR) is 68.1 cm³/mol. The second kappa shape index (κ2) is 5.82. The molecule has 0 atom stereocenters. The summed E-state index contributed by atoms with van der Waals surface area (Å²) in [4.78, 5) is -0.0442. The molecule has 1 heterocycles. The lowest BCUT2D eigenvalue weighted by atomic mass is 9.93. The molecule has 5 heteroatoms. The van der Waals surface area contributed by atoms with Gasteiger partial charge < -0.3 is 4.74 Å². The van der Waals surface area contributed by atoms with Gasteiger partial charge in [0.1, 0.15) is 0 Å². The lowest BCUT2D eigenvalue weighted by Gasteiger charge is -2.21. The van der Waals surface area contributed by atoms with Crippen LogP contribution in [0.5, 0.6) is 0 Å². The first kappa shape index (κ1) is 13.5. The highest BCUT2D eigenvalue weighted by atomic mass is 32.2. The van der Waals surface area contributed by atoms with Crippen molar-refractivity contribution in [1.29, 1.82) is 0 Å². The molecule has 18 heavy (non-hydrogen) atoms. The van der Waals surface area contributed by atoms with E-state index in [-0.39, 0.29) is 4.90 Å². The largest absolute Gasteiger partial charge is 0.381 e. The average molecular weight is 270 g/mol. The minimum atomic E-state index is -4.07. The Hall–Kier alpha value is -0.910. The molecule has 1 aliphatic heterocycles. The monoisotopic (exact) mass is 270 g/mol. The Balaban J connectivity index is 1.90. The van der Waals surface area contributed by atoms with Crippen LogP contribution in [0.25, 0.3) is 0 Å². The van der Waals surface area contributed by atoms with Crippen molar-refractivity contribution in [3.05, 3.63) is 29.8 Å². The molecule has 4 nitrogen and oxygen atoms in total. The molecule has 2 rings (SSSR count). The van der Waals surface area contributed by atoms with E-state index < -0.39 is 10.1 Å². The van der Waals surface area contributed by atoms with Crippen LogP contribution < -0.4 is 0 Å². The van der Waals surface area contributed by atoms with Crippen LogP contribution in [0.2, 0.25) is 0 Å². The summed E-state index contributed by atoms with van der Waals surface area (Å²) in [6, 6.07) is 6.44. The van der Waals surface area contributed by atoms with Gasteiger partial charge in [0.25, 0.3) is 10.1 Å². The minimum absolute atomic E-state index is 0.0442. The third-order valence-electron chi connectivity index (χ3n) is 3.40. The first-order valence-corrected chi connectivity index (χ1v) is 7.64. The SMILES string of the molecule is O=S(=O)(O)c1ccc(CCC2CCOCC2)cc1. The van der Waals surface area contributed by atoms with Crippen LogP contribution in [0, 0.1) is 5.92 Å². The van der Waals surface area contributed by atoms with Crippen molar-refractivity contribution >= 4 is 10.1 Å². The summed E-state index contributed by atoms with van der Waals surface area (Å²) in [6.45, 7) is 1.71. The van der Waals surface area contributed by atoms with E-state index in [1.54, 1.807) is 12.1 Å². The maximum Gasteiger partial charge on any atom is 0.294 e. The molecule has 0 unspecified atom stereocenters. The molecular formula is C13H18O4S. The standard InChI is InChI=1S/C13H18O4S/c14-18(15,16)13-5-3-11(4-6-13)1-2-12-7-9-17-10-8-12/h3-6,12H,1-2,7-10H2,(H,14,15,16). The first-order chi connectivity index (χ1) is 8.55. The molecule has 0 aliphatic carbocycles. The quantitative estimate of drug-likeness (QED) is 0.853. The van der Waals surface area contributed by atoms with E-state index in [0.717, 1.165) is 44.5 Å². The third kappa shape index (κ3) is 3.80. The number of aryl methyl sites for hydroxylation is 1. The van der Waals surface area contributed by atoms with Crippen molar-refractivity contribution in [1.82, 2.24) is 0 Å². The van der Waals surface area contributed by atoms with Gasteiger partial charge in [-0.15, -0.1) is 0 Å². The van der Waals surface area contributed by atoms with Crippen molar-refractivity contribution in [2.75, 3.05) is 13.2 Å². The van der Waals surface area contributed by atoms with Crippen LogP contribution in [-0.4, -0.2) is 26.2 Å². The average Bonchev–Trinajstić information content (AvgIpc) is 2.37. The molecule has 0 spiro atoms. The van der Waals surface area contributed by atoms with Crippen LogP contribution in [0.3, 0.4) is 0 Å². The summed E-state index contributed by atoms with van der Waals surface area (Å²) < 4.78 is 36.0. The number of ether oxygens (including phenoxy) is 1. The number of rotatable bonds is 4. The Kier molecular flexibility index (Phi) is 4.37. The van der Waals surface area contributed by atoms with Crippen molar-refractivity contribution in [2.24, 2.45) is 5.92 Å². The number of benzene rings is 1. The fourth-order valence-corrected chi connectivity index (χ4v) is 2.71. The van der Waals surface area contributed by atoms with Crippen molar-refractivity contribution in [3.8, 4) is 0 Å². The van der Waals surface area contributed by atoms with E-state index in [1.165, 1.54) is 12.1 Å². The van der Waals surface area contributed by atoms with Gasteiger partial charge in [-0.05, 0) is 49.3 Å². The summed E-state index contributed by atoms with van der Waals surface area (Å²) >= 11 is 0. The zero-order valence-corrected chi connectivity index (χ0v) is 11.0. The fourth-order valence-electron chi connectivity index (χ4n) is 2.23. The molecule has 100 valence electrons. The molecule has 1 aromatic carbocycles. The summed E-state index contributed by atoms with van der Waals surface area (Å²) in [6.07, 6.45) is 4.28. The normalized spacial score (nSPS) is 17.8. The van der Waals surface area contributed by atoms with Gasteiger partial charge >= 0.3 is 0 Å². The summed E-state index contributed by atoms with van der Waals surface area (Å²) in [5, 5.41) is 0. The highest BCUT2D eigenvalue weighted by molar-refractivity contribution is 7.85. The molecule has 0 saturated carbocycles. The van der Waals surface area contributed by atoms with Crippen LogP contribution >= 0.6 is 0 Å². The van der Waals surface area contributed by atoms with Gasteiger partial charge in [-0.3, -0.25) is 4.55 Å². The van der Waals surface area contributed by atoms with E-state index in [1.807, 2.05) is 0 Å². The maximum atomic E-state index is 10.9. The lowest BCUT2D eigenvalue weighted by Crippen LogP contribution is -2.16. The zero-order valence-electron chi connectivity index (χ0n) is 10.2. The maximum absolute atomic E-state index is 10.9. The Bertz CT molecular complexity index is 472. The van der Waals surface area contributed by atoms with Gasteiger partial charge in [0.15, 0.2) is 0 Å². The van der Waals surface area contributed by atoms with E-state index >= 15 is 0 Å². The van der Waals surface area contributed by atoms with Gasteiger partial charge in [-0.1, -0.05) is 12.1 Å². The van der Waals surface area contributed by atoms with Gasteiger partial charge in [0.05, 0.1) is 4.90 Å². The van der Waals surface area contributed by atoms with Gasteiger partial charge in [-0.2, -0.15) is 8.42 Å². The molecule has 0 radical (unpaired) electrons. The third-order valence-corrected chi connectivity index (χ3v) is 4.27. The van der Waals surface area contributed by atoms with Gasteiger partial charge in [0.2, 0.25) is 0 Å². The topological polar surface area (TPSA) is 63.6 Å². The molecule has 1 fully saturated rings. The predicted octanol–water partition coefficient (Wildman–Crippen LogP) is 2.29. The molecule has 1 N–H and O–H groups in total. The van der Waals surface area contributed by atoms with E-state index in [2.05, 4.69) is 0 Å². The molecule has 0 aromatic heterocycles. The molecule has 1 aliphatic rings. The highest BCUT2D eigenvalue weighted by Gasteiger charge is 2.14. The number of hydrogen-bond acceptors (Lipinski definition) is 3. The van der Waals surface area contributed by atoms with Crippen LogP contribution in [0.4, 0.5) is 0 Å². The second-order valence-electron chi connectivity index (χ2n) is 4.71. The Morgan fingerprint density at radius 2 is 1.78 bits per heavy atom. The lowest BCUT2D eigenvalue weighted by molar-refractivity contribution is 0.0640. The van der Waals surface area contributed by atoms with E-state index in [9.17, 15) is 8.42 Å². The molecule has 1 aromatic rings. The summed E-state index contributed by atoms with van der Waals surface area (Å²) in [7, 11) is -4.07.